The molecule has 1 aliphatic carbocycles. The molecule has 1 atom stereocenters. The Morgan fingerprint density at radius 3 is 2.74 bits per heavy atom. The summed E-state index contributed by atoms with van der Waals surface area (Å²) in [4.78, 5) is 6.65. The van der Waals surface area contributed by atoms with E-state index in [0.29, 0.717) is 5.41 Å². The van der Waals surface area contributed by atoms with Crippen molar-refractivity contribution in [1.82, 2.24) is 15.5 Å². The molecule has 1 aromatic carbocycles. The number of benzene rings is 1. The minimum Gasteiger partial charge on any atom is -0.374 e. The van der Waals surface area contributed by atoms with Crippen LogP contribution in [0.3, 0.4) is 0 Å². The number of likely N-dealkylation sites (N-methyl/N-ethyl adjacent to an activating group) is 1. The van der Waals surface area contributed by atoms with Crippen LogP contribution < -0.4 is 10.6 Å². The third-order valence-electron chi connectivity index (χ3n) is 4.90. The van der Waals surface area contributed by atoms with Gasteiger partial charge < -0.3 is 20.3 Å². The molecule has 0 bridgehead atoms. The van der Waals surface area contributed by atoms with Gasteiger partial charge in [0.25, 0.3) is 0 Å². The molecule has 0 spiro atoms. The van der Waals surface area contributed by atoms with Crippen molar-refractivity contribution in [3.8, 4) is 0 Å². The second-order valence-corrected chi connectivity index (χ2v) is 6.71. The highest BCUT2D eigenvalue weighted by molar-refractivity contribution is 5.79. The van der Waals surface area contributed by atoms with Gasteiger partial charge in [-0.15, -0.1) is 0 Å². The van der Waals surface area contributed by atoms with Gasteiger partial charge in [0.2, 0.25) is 0 Å². The maximum absolute atomic E-state index is 5.78. The van der Waals surface area contributed by atoms with E-state index >= 15 is 0 Å². The van der Waals surface area contributed by atoms with Gasteiger partial charge in [0.05, 0.1) is 12.7 Å². The van der Waals surface area contributed by atoms with E-state index in [9.17, 15) is 0 Å². The van der Waals surface area contributed by atoms with Crippen LogP contribution in [0, 0.1) is 0 Å². The number of morpholine rings is 1. The highest BCUT2D eigenvalue weighted by atomic mass is 16.5. The van der Waals surface area contributed by atoms with Gasteiger partial charge in [0.1, 0.15) is 0 Å². The lowest BCUT2D eigenvalue weighted by molar-refractivity contribution is -0.0161. The van der Waals surface area contributed by atoms with Gasteiger partial charge in [-0.1, -0.05) is 30.3 Å². The molecule has 0 radical (unpaired) electrons. The molecular formula is C18H28N4O. The smallest absolute Gasteiger partial charge is 0.191 e. The van der Waals surface area contributed by atoms with Gasteiger partial charge in [-0.3, -0.25) is 4.99 Å². The summed E-state index contributed by atoms with van der Waals surface area (Å²) < 4.78 is 5.78. The van der Waals surface area contributed by atoms with Crippen molar-refractivity contribution in [3.63, 3.8) is 0 Å². The first-order chi connectivity index (χ1) is 11.2. The number of rotatable bonds is 5. The standard InChI is InChI=1S/C18H28N4O/c1-19-17(20-12-16-13-22(2)10-11-23-16)21-14-18(8-9-18)15-6-4-3-5-7-15/h3-7,16H,8-14H2,1-2H3,(H2,19,20,21). The predicted molar refractivity (Wildman–Crippen MR) is 94.0 cm³/mol. The van der Waals surface area contributed by atoms with Crippen LogP contribution in [0.5, 0.6) is 0 Å². The first kappa shape index (κ1) is 16.3. The molecule has 5 nitrogen and oxygen atoms in total. The minimum absolute atomic E-state index is 0.233. The SMILES string of the molecule is CN=C(NCC1CN(C)CCO1)NCC1(c2ccccc2)CC1. The maximum atomic E-state index is 5.78. The highest BCUT2D eigenvalue weighted by Crippen LogP contribution is 2.47. The van der Waals surface area contributed by atoms with Crippen LogP contribution in [0.15, 0.2) is 35.3 Å². The molecule has 2 fully saturated rings. The monoisotopic (exact) mass is 316 g/mol. The van der Waals surface area contributed by atoms with E-state index in [-0.39, 0.29) is 6.10 Å². The molecule has 0 amide bonds. The van der Waals surface area contributed by atoms with Gasteiger partial charge in [-0.05, 0) is 25.5 Å². The van der Waals surface area contributed by atoms with Gasteiger partial charge in [-0.25, -0.2) is 0 Å². The van der Waals surface area contributed by atoms with Crippen molar-refractivity contribution < 1.29 is 4.74 Å². The molecule has 1 heterocycles. The van der Waals surface area contributed by atoms with E-state index in [1.54, 1.807) is 0 Å². The first-order valence-corrected chi connectivity index (χ1v) is 8.52. The zero-order valence-corrected chi connectivity index (χ0v) is 14.2. The van der Waals surface area contributed by atoms with Crippen molar-refractivity contribution in [1.29, 1.82) is 0 Å². The summed E-state index contributed by atoms with van der Waals surface area (Å²) in [5.41, 5.74) is 1.72. The second kappa shape index (κ2) is 7.32. The predicted octanol–water partition coefficient (Wildman–Crippen LogP) is 1.21. The molecule has 1 saturated carbocycles. The number of hydrogen-bond acceptors (Lipinski definition) is 3. The fourth-order valence-electron chi connectivity index (χ4n) is 3.18. The lowest BCUT2D eigenvalue weighted by atomic mass is 9.96. The van der Waals surface area contributed by atoms with Crippen molar-refractivity contribution in [3.05, 3.63) is 35.9 Å². The van der Waals surface area contributed by atoms with Crippen LogP contribution in [0.4, 0.5) is 0 Å². The van der Waals surface area contributed by atoms with Crippen LogP contribution in [0.25, 0.3) is 0 Å². The second-order valence-electron chi connectivity index (χ2n) is 6.71. The number of nitrogens with zero attached hydrogens (tertiary/aromatic N) is 2. The molecule has 0 aromatic heterocycles. The third kappa shape index (κ3) is 4.24. The molecule has 23 heavy (non-hydrogen) atoms. The number of ether oxygens (including phenoxy) is 1. The average Bonchev–Trinajstić information content (AvgIpc) is 3.37. The van der Waals surface area contributed by atoms with Crippen LogP contribution in [-0.4, -0.2) is 63.8 Å². The van der Waals surface area contributed by atoms with Gasteiger partial charge >= 0.3 is 0 Å². The van der Waals surface area contributed by atoms with Crippen LogP contribution in [-0.2, 0) is 10.2 Å². The van der Waals surface area contributed by atoms with Crippen molar-refractivity contribution in [2.24, 2.45) is 4.99 Å². The van der Waals surface area contributed by atoms with Crippen LogP contribution in [0.2, 0.25) is 0 Å². The molecule has 3 rings (SSSR count). The summed E-state index contributed by atoms with van der Waals surface area (Å²) in [7, 11) is 3.96. The number of guanidine groups is 1. The molecule has 2 aliphatic rings. The molecule has 126 valence electrons. The Morgan fingerprint density at radius 1 is 1.30 bits per heavy atom. The summed E-state index contributed by atoms with van der Waals surface area (Å²) in [5.74, 6) is 0.865. The fourth-order valence-corrected chi connectivity index (χ4v) is 3.18. The Bertz CT molecular complexity index is 527. The van der Waals surface area contributed by atoms with Crippen LogP contribution in [0.1, 0.15) is 18.4 Å². The Morgan fingerprint density at radius 2 is 2.09 bits per heavy atom. The third-order valence-corrected chi connectivity index (χ3v) is 4.90. The van der Waals surface area contributed by atoms with Crippen LogP contribution >= 0.6 is 0 Å². The average molecular weight is 316 g/mol. The molecule has 1 unspecified atom stereocenters. The van der Waals surface area contributed by atoms with Crippen molar-refractivity contribution in [2.45, 2.75) is 24.4 Å². The lowest BCUT2D eigenvalue weighted by Crippen LogP contribution is -2.49. The first-order valence-electron chi connectivity index (χ1n) is 8.52. The molecular weight excluding hydrogens is 288 g/mol. The van der Waals surface area contributed by atoms with E-state index in [1.807, 2.05) is 7.05 Å². The number of nitrogens with one attached hydrogen (secondary N) is 2. The summed E-state index contributed by atoms with van der Waals surface area (Å²) in [6.45, 7) is 4.53. The van der Waals surface area contributed by atoms with Gasteiger partial charge in [0.15, 0.2) is 5.96 Å². The van der Waals surface area contributed by atoms with E-state index in [2.05, 4.69) is 57.9 Å². The van der Waals surface area contributed by atoms with Crippen molar-refractivity contribution in [2.75, 3.05) is 46.9 Å². The molecule has 5 heteroatoms. The van der Waals surface area contributed by atoms with E-state index in [4.69, 9.17) is 4.74 Å². The Labute approximate surface area is 139 Å². The summed E-state index contributed by atoms with van der Waals surface area (Å²) >= 11 is 0. The van der Waals surface area contributed by atoms with Gasteiger partial charge in [0, 0.05) is 38.6 Å². The molecule has 1 saturated heterocycles. The molecule has 2 N–H and O–H groups in total. The fraction of sp³-hybridized carbons (Fsp3) is 0.611. The summed E-state index contributed by atoms with van der Waals surface area (Å²) in [5, 5.41) is 6.89. The number of hydrogen-bond donors (Lipinski definition) is 2. The Balaban J connectivity index is 1.47. The Hall–Kier alpha value is -1.59. The lowest BCUT2D eigenvalue weighted by Gasteiger charge is -2.30. The summed E-state index contributed by atoms with van der Waals surface area (Å²) in [6.07, 6.45) is 2.73. The normalized spacial score (nSPS) is 24.3. The largest absolute Gasteiger partial charge is 0.374 e. The molecule has 1 aliphatic heterocycles. The van der Waals surface area contributed by atoms with E-state index in [1.165, 1.54) is 18.4 Å². The molecule has 1 aromatic rings. The van der Waals surface area contributed by atoms with Crippen molar-refractivity contribution >= 4 is 5.96 Å². The maximum Gasteiger partial charge on any atom is 0.191 e. The zero-order valence-electron chi connectivity index (χ0n) is 14.2. The highest BCUT2D eigenvalue weighted by Gasteiger charge is 2.44. The minimum atomic E-state index is 0.233. The summed E-state index contributed by atoms with van der Waals surface area (Å²) in [6, 6.07) is 10.8. The topological polar surface area (TPSA) is 48.9 Å². The quantitative estimate of drug-likeness (QED) is 0.633. The zero-order chi connectivity index (χ0) is 16.1. The Kier molecular flexibility index (Phi) is 5.18. The number of aliphatic imine (C=N–C) groups is 1. The van der Waals surface area contributed by atoms with E-state index < -0.39 is 0 Å². The van der Waals surface area contributed by atoms with E-state index in [0.717, 1.165) is 38.7 Å². The van der Waals surface area contributed by atoms with Gasteiger partial charge in [-0.2, -0.15) is 0 Å².